The van der Waals surface area contributed by atoms with E-state index >= 15 is 0 Å². The molecular formula is C12H19Cl2N3O. The van der Waals surface area contributed by atoms with Crippen LogP contribution in [0.2, 0.25) is 0 Å². The Labute approximate surface area is 120 Å². The van der Waals surface area contributed by atoms with E-state index in [0.29, 0.717) is 5.69 Å². The molecule has 1 aliphatic rings. The molecule has 0 saturated carbocycles. The maximum Gasteiger partial charge on any atom is 0.272 e. The van der Waals surface area contributed by atoms with Crippen molar-refractivity contribution in [3.05, 3.63) is 29.6 Å². The van der Waals surface area contributed by atoms with Gasteiger partial charge < -0.3 is 10.6 Å². The summed E-state index contributed by atoms with van der Waals surface area (Å²) in [5.41, 5.74) is 7.22. The van der Waals surface area contributed by atoms with Crippen LogP contribution in [-0.4, -0.2) is 34.9 Å². The predicted octanol–water partition coefficient (Wildman–Crippen LogP) is 1.80. The molecule has 18 heavy (non-hydrogen) atoms. The molecule has 2 rings (SSSR count). The Morgan fingerprint density at radius 2 is 1.94 bits per heavy atom. The van der Waals surface area contributed by atoms with Crippen molar-refractivity contribution < 1.29 is 4.79 Å². The van der Waals surface area contributed by atoms with Gasteiger partial charge in [-0.15, -0.1) is 24.8 Å². The molecule has 0 aromatic carbocycles. The minimum Gasteiger partial charge on any atom is -0.337 e. The molecule has 0 unspecified atom stereocenters. The van der Waals surface area contributed by atoms with Crippen molar-refractivity contribution >= 4 is 30.7 Å². The number of pyridine rings is 1. The second-order valence-corrected chi connectivity index (χ2v) is 4.29. The van der Waals surface area contributed by atoms with Crippen LogP contribution in [0.4, 0.5) is 0 Å². The van der Waals surface area contributed by atoms with E-state index in [9.17, 15) is 4.79 Å². The number of rotatable bonds is 1. The van der Waals surface area contributed by atoms with Crippen LogP contribution in [0, 0.1) is 6.92 Å². The summed E-state index contributed by atoms with van der Waals surface area (Å²) in [5.74, 6) is 0.0237. The summed E-state index contributed by atoms with van der Waals surface area (Å²) in [5, 5.41) is 0. The van der Waals surface area contributed by atoms with Crippen molar-refractivity contribution in [3.63, 3.8) is 0 Å². The second-order valence-electron chi connectivity index (χ2n) is 4.29. The number of aryl methyl sites for hydroxylation is 1. The lowest BCUT2D eigenvalue weighted by molar-refractivity contribution is 0.0708. The van der Waals surface area contributed by atoms with Crippen LogP contribution >= 0.6 is 24.8 Å². The minimum atomic E-state index is 0. The number of nitrogens with zero attached hydrogens (tertiary/aromatic N) is 2. The van der Waals surface area contributed by atoms with Gasteiger partial charge in [0.25, 0.3) is 5.91 Å². The van der Waals surface area contributed by atoms with Gasteiger partial charge in [-0.3, -0.25) is 4.79 Å². The predicted molar refractivity (Wildman–Crippen MR) is 76.6 cm³/mol. The molecule has 6 heteroatoms. The molecule has 1 fully saturated rings. The molecule has 0 aliphatic carbocycles. The highest BCUT2D eigenvalue weighted by Gasteiger charge is 2.22. The van der Waals surface area contributed by atoms with Crippen molar-refractivity contribution in [3.8, 4) is 0 Å². The number of piperidine rings is 1. The Bertz CT molecular complexity index is 393. The summed E-state index contributed by atoms with van der Waals surface area (Å²) >= 11 is 0. The number of nitrogens with two attached hydrogens (primary N) is 1. The quantitative estimate of drug-likeness (QED) is 0.858. The highest BCUT2D eigenvalue weighted by Crippen LogP contribution is 2.11. The Morgan fingerprint density at radius 3 is 2.50 bits per heavy atom. The fourth-order valence-electron chi connectivity index (χ4n) is 1.93. The van der Waals surface area contributed by atoms with Crippen molar-refractivity contribution in [2.45, 2.75) is 25.8 Å². The van der Waals surface area contributed by atoms with Crippen LogP contribution in [0.5, 0.6) is 0 Å². The number of carbonyl (C=O) groups excluding carboxylic acids is 1. The Kier molecular flexibility index (Phi) is 7.21. The maximum absolute atomic E-state index is 12.1. The number of likely N-dealkylation sites (tertiary alicyclic amines) is 1. The molecule has 1 amide bonds. The smallest absolute Gasteiger partial charge is 0.272 e. The van der Waals surface area contributed by atoms with E-state index in [2.05, 4.69) is 4.98 Å². The first-order chi connectivity index (χ1) is 7.66. The monoisotopic (exact) mass is 291 g/mol. The van der Waals surface area contributed by atoms with Crippen molar-refractivity contribution in [2.24, 2.45) is 5.73 Å². The molecule has 1 aliphatic heterocycles. The topological polar surface area (TPSA) is 59.2 Å². The van der Waals surface area contributed by atoms with Gasteiger partial charge in [-0.05, 0) is 31.9 Å². The van der Waals surface area contributed by atoms with E-state index in [1.165, 1.54) is 0 Å². The fraction of sp³-hybridized carbons (Fsp3) is 0.500. The molecule has 1 aromatic heterocycles. The normalized spacial score (nSPS) is 15.6. The number of carbonyl (C=O) groups is 1. The van der Waals surface area contributed by atoms with Gasteiger partial charge in [-0.1, -0.05) is 6.07 Å². The number of halogens is 2. The van der Waals surface area contributed by atoms with Crippen LogP contribution in [0.25, 0.3) is 0 Å². The highest BCUT2D eigenvalue weighted by molar-refractivity contribution is 5.92. The minimum absolute atomic E-state index is 0. The molecule has 1 aromatic rings. The zero-order valence-corrected chi connectivity index (χ0v) is 12.0. The molecule has 0 bridgehead atoms. The number of amides is 1. The van der Waals surface area contributed by atoms with E-state index in [4.69, 9.17) is 5.73 Å². The maximum atomic E-state index is 12.1. The lowest BCUT2D eigenvalue weighted by Gasteiger charge is -2.29. The van der Waals surface area contributed by atoms with E-state index < -0.39 is 0 Å². The van der Waals surface area contributed by atoms with Gasteiger partial charge in [-0.25, -0.2) is 4.98 Å². The zero-order valence-electron chi connectivity index (χ0n) is 10.3. The van der Waals surface area contributed by atoms with Crippen LogP contribution in [0.1, 0.15) is 29.0 Å². The zero-order chi connectivity index (χ0) is 11.5. The summed E-state index contributed by atoms with van der Waals surface area (Å²) in [6, 6.07) is 5.77. The van der Waals surface area contributed by atoms with Crippen LogP contribution in [0.3, 0.4) is 0 Å². The van der Waals surface area contributed by atoms with E-state index in [1.54, 1.807) is 6.07 Å². The molecule has 0 atom stereocenters. The van der Waals surface area contributed by atoms with Crippen LogP contribution in [0.15, 0.2) is 18.2 Å². The first-order valence-electron chi connectivity index (χ1n) is 5.65. The molecule has 4 nitrogen and oxygen atoms in total. The lowest BCUT2D eigenvalue weighted by Crippen LogP contribution is -2.43. The Hall–Kier alpha value is -0.840. The molecule has 102 valence electrons. The van der Waals surface area contributed by atoms with Gasteiger partial charge in [0, 0.05) is 24.8 Å². The van der Waals surface area contributed by atoms with Gasteiger partial charge in [0.2, 0.25) is 0 Å². The SMILES string of the molecule is Cc1cccc(C(=O)N2CCC(N)CC2)n1.Cl.Cl. The number of hydrogen-bond donors (Lipinski definition) is 1. The molecule has 2 N–H and O–H groups in total. The molecule has 2 heterocycles. The van der Waals surface area contributed by atoms with E-state index in [-0.39, 0.29) is 36.8 Å². The molecule has 0 spiro atoms. The third kappa shape index (κ3) is 4.12. The van der Waals surface area contributed by atoms with Gasteiger partial charge in [-0.2, -0.15) is 0 Å². The second kappa shape index (κ2) is 7.56. The highest BCUT2D eigenvalue weighted by atomic mass is 35.5. The standard InChI is InChI=1S/C12H17N3O.2ClH/c1-9-3-2-4-11(14-9)12(16)15-7-5-10(13)6-8-15;;/h2-4,10H,5-8,13H2,1H3;2*1H. The average Bonchev–Trinajstić information content (AvgIpc) is 2.29. The molecule has 0 radical (unpaired) electrons. The van der Waals surface area contributed by atoms with Gasteiger partial charge in [0.05, 0.1) is 0 Å². The van der Waals surface area contributed by atoms with Gasteiger partial charge in [0.15, 0.2) is 0 Å². The summed E-state index contributed by atoms with van der Waals surface area (Å²) in [6.07, 6.45) is 1.77. The number of hydrogen-bond acceptors (Lipinski definition) is 3. The van der Waals surface area contributed by atoms with Gasteiger partial charge >= 0.3 is 0 Å². The average molecular weight is 292 g/mol. The Morgan fingerprint density at radius 1 is 1.33 bits per heavy atom. The van der Waals surface area contributed by atoms with Crippen molar-refractivity contribution in [2.75, 3.05) is 13.1 Å². The van der Waals surface area contributed by atoms with Crippen LogP contribution in [-0.2, 0) is 0 Å². The lowest BCUT2D eigenvalue weighted by atomic mass is 10.1. The Balaban J connectivity index is 0.00000144. The summed E-state index contributed by atoms with van der Waals surface area (Å²) in [7, 11) is 0. The largest absolute Gasteiger partial charge is 0.337 e. The summed E-state index contributed by atoms with van der Waals surface area (Å²) in [6.45, 7) is 3.38. The summed E-state index contributed by atoms with van der Waals surface area (Å²) < 4.78 is 0. The van der Waals surface area contributed by atoms with Crippen molar-refractivity contribution in [1.82, 2.24) is 9.88 Å². The molecular weight excluding hydrogens is 273 g/mol. The van der Waals surface area contributed by atoms with E-state index in [0.717, 1.165) is 31.6 Å². The van der Waals surface area contributed by atoms with Crippen LogP contribution < -0.4 is 5.73 Å². The fourth-order valence-corrected chi connectivity index (χ4v) is 1.93. The van der Waals surface area contributed by atoms with Crippen molar-refractivity contribution in [1.29, 1.82) is 0 Å². The third-order valence-electron chi connectivity index (χ3n) is 2.93. The molecule has 1 saturated heterocycles. The first-order valence-corrected chi connectivity index (χ1v) is 5.65. The third-order valence-corrected chi connectivity index (χ3v) is 2.93. The van der Waals surface area contributed by atoms with E-state index in [1.807, 2.05) is 24.0 Å². The first kappa shape index (κ1) is 17.2. The number of aromatic nitrogens is 1. The summed E-state index contributed by atoms with van der Waals surface area (Å²) in [4.78, 5) is 18.2. The van der Waals surface area contributed by atoms with Gasteiger partial charge in [0.1, 0.15) is 5.69 Å².